The number of amides is 1. The zero-order valence-electron chi connectivity index (χ0n) is 15.6. The molecule has 0 spiro atoms. The number of hydrogen-bond acceptors (Lipinski definition) is 4. The van der Waals surface area contributed by atoms with Crippen molar-refractivity contribution >= 4 is 23.3 Å². The molecule has 26 heavy (non-hydrogen) atoms. The van der Waals surface area contributed by atoms with Gasteiger partial charge in [-0.15, -0.1) is 0 Å². The number of anilines is 2. The Hall–Kier alpha value is -2.82. The molecule has 0 N–H and O–H groups in total. The molecule has 2 aromatic carbocycles. The molecule has 1 amide bonds. The van der Waals surface area contributed by atoms with Gasteiger partial charge in [0, 0.05) is 31.5 Å². The van der Waals surface area contributed by atoms with Gasteiger partial charge in [0.15, 0.2) is 6.10 Å². The molecule has 1 heterocycles. The van der Waals surface area contributed by atoms with E-state index >= 15 is 0 Å². The number of esters is 1. The maximum Gasteiger partial charge on any atom is 0.338 e. The van der Waals surface area contributed by atoms with Crippen molar-refractivity contribution in [2.45, 2.75) is 32.4 Å². The summed E-state index contributed by atoms with van der Waals surface area (Å²) < 4.78 is 5.46. The Kier molecular flexibility index (Phi) is 4.98. The van der Waals surface area contributed by atoms with Crippen molar-refractivity contribution in [2.75, 3.05) is 23.9 Å². The number of fused-ring (bicyclic) bond motifs is 1. The maximum absolute atomic E-state index is 12.9. The number of ether oxygens (including phenoxy) is 1. The summed E-state index contributed by atoms with van der Waals surface area (Å²) in [5.74, 6) is -0.686. The van der Waals surface area contributed by atoms with E-state index in [-0.39, 0.29) is 11.9 Å². The Morgan fingerprint density at radius 1 is 1.15 bits per heavy atom. The summed E-state index contributed by atoms with van der Waals surface area (Å²) in [5.41, 5.74) is 3.39. The van der Waals surface area contributed by atoms with Gasteiger partial charge in [-0.05, 0) is 50.1 Å². The molecule has 5 nitrogen and oxygen atoms in total. The summed E-state index contributed by atoms with van der Waals surface area (Å²) >= 11 is 0. The van der Waals surface area contributed by atoms with Crippen LogP contribution in [0.4, 0.5) is 11.4 Å². The average Bonchev–Trinajstić information content (AvgIpc) is 2.96. The van der Waals surface area contributed by atoms with Crippen LogP contribution in [0.5, 0.6) is 0 Å². The van der Waals surface area contributed by atoms with Gasteiger partial charge in [-0.1, -0.05) is 24.3 Å². The molecule has 136 valence electrons. The normalized spacial score (nSPS) is 16.8. The molecule has 0 fully saturated rings. The van der Waals surface area contributed by atoms with E-state index in [9.17, 15) is 9.59 Å². The van der Waals surface area contributed by atoms with Crippen molar-refractivity contribution in [1.29, 1.82) is 0 Å². The van der Waals surface area contributed by atoms with Crippen molar-refractivity contribution in [3.05, 3.63) is 59.7 Å². The Morgan fingerprint density at radius 3 is 2.62 bits per heavy atom. The van der Waals surface area contributed by atoms with Crippen molar-refractivity contribution in [3.8, 4) is 0 Å². The number of para-hydroxylation sites is 1. The predicted octanol–water partition coefficient (Wildman–Crippen LogP) is 3.28. The number of carbonyl (C=O) groups is 2. The first-order valence-corrected chi connectivity index (χ1v) is 8.78. The van der Waals surface area contributed by atoms with Crippen LogP contribution in [0.25, 0.3) is 0 Å². The first kappa shape index (κ1) is 18.0. The molecule has 0 bridgehead atoms. The second-order valence-electron chi connectivity index (χ2n) is 6.88. The molecule has 0 saturated carbocycles. The van der Waals surface area contributed by atoms with Crippen molar-refractivity contribution < 1.29 is 14.3 Å². The van der Waals surface area contributed by atoms with Gasteiger partial charge in [0.05, 0.1) is 5.56 Å². The first-order valence-electron chi connectivity index (χ1n) is 8.78. The van der Waals surface area contributed by atoms with Gasteiger partial charge >= 0.3 is 5.97 Å². The molecule has 1 aliphatic rings. The molecule has 0 saturated heterocycles. The summed E-state index contributed by atoms with van der Waals surface area (Å²) in [6.45, 7) is 3.64. The molecule has 2 atom stereocenters. The lowest BCUT2D eigenvalue weighted by Crippen LogP contribution is -2.43. The minimum absolute atomic E-state index is 0.0538. The highest BCUT2D eigenvalue weighted by Gasteiger charge is 2.34. The fraction of sp³-hybridized carbons (Fsp3) is 0.333. The highest BCUT2D eigenvalue weighted by Crippen LogP contribution is 2.32. The number of rotatable bonds is 4. The van der Waals surface area contributed by atoms with E-state index in [1.54, 1.807) is 30.0 Å². The van der Waals surface area contributed by atoms with E-state index in [0.29, 0.717) is 5.56 Å². The molecule has 0 aromatic heterocycles. The zero-order chi connectivity index (χ0) is 18.8. The second-order valence-corrected chi connectivity index (χ2v) is 6.88. The first-order chi connectivity index (χ1) is 12.4. The van der Waals surface area contributed by atoms with E-state index in [0.717, 1.165) is 23.4 Å². The smallest absolute Gasteiger partial charge is 0.338 e. The summed E-state index contributed by atoms with van der Waals surface area (Å²) in [7, 11) is 3.81. The van der Waals surface area contributed by atoms with Gasteiger partial charge in [-0.3, -0.25) is 4.79 Å². The van der Waals surface area contributed by atoms with E-state index in [1.165, 1.54) is 0 Å². The fourth-order valence-corrected chi connectivity index (χ4v) is 3.29. The SMILES string of the molecule is C[C@H](OC(=O)c1cccc(N(C)C)c1)C(=O)N1c2ccccc2C[C@H]1C. The van der Waals surface area contributed by atoms with Crippen LogP contribution in [0, 0.1) is 0 Å². The van der Waals surface area contributed by atoms with Gasteiger partial charge in [0.2, 0.25) is 0 Å². The van der Waals surface area contributed by atoms with Crippen molar-refractivity contribution in [1.82, 2.24) is 0 Å². The Labute approximate surface area is 154 Å². The molecule has 1 aliphatic heterocycles. The van der Waals surface area contributed by atoms with E-state index in [1.807, 2.05) is 56.3 Å². The summed E-state index contributed by atoms with van der Waals surface area (Å²) in [6, 6.07) is 15.1. The van der Waals surface area contributed by atoms with Gasteiger partial charge in [-0.25, -0.2) is 4.79 Å². The van der Waals surface area contributed by atoms with Gasteiger partial charge < -0.3 is 14.5 Å². The molecule has 0 aliphatic carbocycles. The van der Waals surface area contributed by atoms with Crippen LogP contribution in [-0.4, -0.2) is 38.1 Å². The fourth-order valence-electron chi connectivity index (χ4n) is 3.29. The van der Waals surface area contributed by atoms with Gasteiger partial charge in [-0.2, -0.15) is 0 Å². The number of nitrogens with zero attached hydrogens (tertiary/aromatic N) is 2. The minimum atomic E-state index is -0.848. The van der Waals surface area contributed by atoms with E-state index in [2.05, 4.69) is 0 Å². The lowest BCUT2D eigenvalue weighted by Gasteiger charge is -2.26. The topological polar surface area (TPSA) is 49.9 Å². The minimum Gasteiger partial charge on any atom is -0.449 e. The third-order valence-corrected chi connectivity index (χ3v) is 4.67. The third-order valence-electron chi connectivity index (χ3n) is 4.67. The van der Waals surface area contributed by atoms with Crippen LogP contribution in [0.15, 0.2) is 48.5 Å². The van der Waals surface area contributed by atoms with Crippen LogP contribution >= 0.6 is 0 Å². The predicted molar refractivity (Wildman–Crippen MR) is 103 cm³/mol. The van der Waals surface area contributed by atoms with Crippen LogP contribution in [-0.2, 0) is 16.0 Å². The average molecular weight is 352 g/mol. The summed E-state index contributed by atoms with van der Waals surface area (Å²) in [6.07, 6.45) is -0.0351. The summed E-state index contributed by atoms with van der Waals surface area (Å²) in [4.78, 5) is 29.0. The van der Waals surface area contributed by atoms with Crippen LogP contribution in [0.3, 0.4) is 0 Å². The Bertz CT molecular complexity index is 832. The molecule has 0 radical (unpaired) electrons. The highest BCUT2D eigenvalue weighted by atomic mass is 16.5. The molecule has 2 aromatic rings. The Balaban J connectivity index is 1.74. The number of benzene rings is 2. The molecule has 5 heteroatoms. The van der Waals surface area contributed by atoms with Gasteiger partial charge in [0.25, 0.3) is 5.91 Å². The van der Waals surface area contributed by atoms with Crippen molar-refractivity contribution in [2.24, 2.45) is 0 Å². The maximum atomic E-state index is 12.9. The standard InChI is InChI=1S/C21H24N2O3/c1-14-12-16-8-5-6-11-19(16)23(14)20(24)15(2)26-21(25)17-9-7-10-18(13-17)22(3)4/h5-11,13-15H,12H2,1-4H3/t14-,15+/m1/s1. The van der Waals surface area contributed by atoms with Crippen LogP contribution in [0.2, 0.25) is 0 Å². The third kappa shape index (κ3) is 3.43. The van der Waals surface area contributed by atoms with Crippen LogP contribution in [0.1, 0.15) is 29.8 Å². The highest BCUT2D eigenvalue weighted by molar-refractivity contribution is 6.01. The molecular formula is C21H24N2O3. The lowest BCUT2D eigenvalue weighted by molar-refractivity contribution is -0.126. The molecule has 3 rings (SSSR count). The Morgan fingerprint density at radius 2 is 1.88 bits per heavy atom. The van der Waals surface area contributed by atoms with Crippen molar-refractivity contribution in [3.63, 3.8) is 0 Å². The quantitative estimate of drug-likeness (QED) is 0.793. The number of hydrogen-bond donors (Lipinski definition) is 0. The lowest BCUT2D eigenvalue weighted by atomic mass is 10.1. The van der Waals surface area contributed by atoms with Crippen LogP contribution < -0.4 is 9.80 Å². The summed E-state index contributed by atoms with van der Waals surface area (Å²) in [5, 5.41) is 0. The zero-order valence-corrected chi connectivity index (χ0v) is 15.6. The largest absolute Gasteiger partial charge is 0.449 e. The molecule has 0 unspecified atom stereocenters. The van der Waals surface area contributed by atoms with E-state index in [4.69, 9.17) is 4.74 Å². The van der Waals surface area contributed by atoms with E-state index < -0.39 is 12.1 Å². The molecular weight excluding hydrogens is 328 g/mol. The monoisotopic (exact) mass is 352 g/mol. The van der Waals surface area contributed by atoms with Gasteiger partial charge in [0.1, 0.15) is 0 Å². The second kappa shape index (κ2) is 7.20. The number of carbonyl (C=O) groups excluding carboxylic acids is 2.